The van der Waals surface area contributed by atoms with Gasteiger partial charge in [0.05, 0.1) is 11.0 Å². The number of nitrogens with zero attached hydrogens (tertiary/aromatic N) is 2. The lowest BCUT2D eigenvalue weighted by atomic mass is 10.2. The van der Waals surface area contributed by atoms with Crippen molar-refractivity contribution in [3.8, 4) is 5.75 Å². The molecule has 0 N–H and O–H groups in total. The van der Waals surface area contributed by atoms with E-state index < -0.39 is 0 Å². The van der Waals surface area contributed by atoms with Gasteiger partial charge >= 0.3 is 0 Å². The van der Waals surface area contributed by atoms with E-state index in [2.05, 4.69) is 34.9 Å². The van der Waals surface area contributed by atoms with Crippen LogP contribution in [0.4, 0.5) is 0 Å². The molecule has 0 bridgehead atoms. The molecule has 1 heterocycles. The standard InChI is InChI=1S/C21H17ClN2O/c22-17-10-12-18(13-11-17)25-15-21-23-19-8-4-5-9-20(19)24(21)14-16-6-2-1-3-7-16/h1-13H,14-15H2. The number of imidazole rings is 1. The topological polar surface area (TPSA) is 27.1 Å². The van der Waals surface area contributed by atoms with Gasteiger partial charge in [0.1, 0.15) is 18.2 Å². The zero-order chi connectivity index (χ0) is 17.1. The maximum Gasteiger partial charge on any atom is 0.148 e. The van der Waals surface area contributed by atoms with Crippen LogP contribution in [0.2, 0.25) is 5.02 Å². The SMILES string of the molecule is Clc1ccc(OCc2nc3ccccc3n2Cc2ccccc2)cc1. The highest BCUT2D eigenvalue weighted by molar-refractivity contribution is 6.30. The van der Waals surface area contributed by atoms with Crippen LogP contribution in [-0.2, 0) is 13.2 Å². The number of fused-ring (bicyclic) bond motifs is 1. The molecule has 0 aliphatic rings. The van der Waals surface area contributed by atoms with Gasteiger partial charge in [0.2, 0.25) is 0 Å². The molecule has 0 fully saturated rings. The first-order valence-corrected chi connectivity index (χ1v) is 8.54. The number of aromatic nitrogens is 2. The first kappa shape index (κ1) is 15.7. The van der Waals surface area contributed by atoms with Gasteiger partial charge in [-0.05, 0) is 42.0 Å². The molecule has 3 nitrogen and oxygen atoms in total. The Hall–Kier alpha value is -2.78. The van der Waals surface area contributed by atoms with E-state index in [1.165, 1.54) is 5.56 Å². The molecular formula is C21H17ClN2O. The third-order valence-corrected chi connectivity index (χ3v) is 4.35. The molecule has 0 spiro atoms. The van der Waals surface area contributed by atoms with Crippen LogP contribution in [0.25, 0.3) is 11.0 Å². The average molecular weight is 349 g/mol. The fourth-order valence-corrected chi connectivity index (χ4v) is 2.98. The maximum atomic E-state index is 5.93. The number of rotatable bonds is 5. The molecule has 0 unspecified atom stereocenters. The highest BCUT2D eigenvalue weighted by atomic mass is 35.5. The Morgan fingerprint density at radius 2 is 1.56 bits per heavy atom. The molecule has 0 atom stereocenters. The third kappa shape index (κ3) is 3.52. The fourth-order valence-electron chi connectivity index (χ4n) is 2.86. The van der Waals surface area contributed by atoms with E-state index in [1.54, 1.807) is 0 Å². The summed E-state index contributed by atoms with van der Waals surface area (Å²) in [7, 11) is 0. The van der Waals surface area contributed by atoms with E-state index in [0.29, 0.717) is 11.6 Å². The summed E-state index contributed by atoms with van der Waals surface area (Å²) >= 11 is 5.93. The molecule has 4 aromatic rings. The molecule has 0 aliphatic heterocycles. The Balaban J connectivity index is 1.65. The second kappa shape index (κ2) is 6.99. The Morgan fingerprint density at radius 3 is 2.36 bits per heavy atom. The Morgan fingerprint density at radius 1 is 0.840 bits per heavy atom. The van der Waals surface area contributed by atoms with E-state index >= 15 is 0 Å². The Bertz CT molecular complexity index is 978. The van der Waals surface area contributed by atoms with E-state index in [0.717, 1.165) is 29.2 Å². The molecule has 0 saturated heterocycles. The van der Waals surface area contributed by atoms with Crippen LogP contribution in [0.3, 0.4) is 0 Å². The van der Waals surface area contributed by atoms with Gasteiger partial charge in [-0.2, -0.15) is 0 Å². The number of hydrogen-bond acceptors (Lipinski definition) is 2. The second-order valence-corrected chi connectivity index (χ2v) is 6.27. The summed E-state index contributed by atoms with van der Waals surface area (Å²) in [4.78, 5) is 4.75. The van der Waals surface area contributed by atoms with Crippen LogP contribution in [-0.4, -0.2) is 9.55 Å². The minimum absolute atomic E-state index is 0.406. The van der Waals surface area contributed by atoms with Gasteiger partial charge in [-0.1, -0.05) is 54.1 Å². The molecule has 124 valence electrons. The van der Waals surface area contributed by atoms with Crippen molar-refractivity contribution in [2.75, 3.05) is 0 Å². The molecule has 4 heteroatoms. The van der Waals surface area contributed by atoms with Crippen LogP contribution < -0.4 is 4.74 Å². The van der Waals surface area contributed by atoms with Gasteiger partial charge < -0.3 is 9.30 Å². The summed E-state index contributed by atoms with van der Waals surface area (Å²) in [6.07, 6.45) is 0. The van der Waals surface area contributed by atoms with Crippen molar-refractivity contribution in [2.24, 2.45) is 0 Å². The van der Waals surface area contributed by atoms with Crippen molar-refractivity contribution in [3.63, 3.8) is 0 Å². The van der Waals surface area contributed by atoms with Crippen molar-refractivity contribution in [3.05, 3.63) is 95.3 Å². The number of benzene rings is 3. The van der Waals surface area contributed by atoms with Crippen molar-refractivity contribution in [1.82, 2.24) is 9.55 Å². The molecule has 0 radical (unpaired) electrons. The third-order valence-electron chi connectivity index (χ3n) is 4.10. The van der Waals surface area contributed by atoms with Crippen molar-refractivity contribution >= 4 is 22.6 Å². The zero-order valence-electron chi connectivity index (χ0n) is 13.6. The number of ether oxygens (including phenoxy) is 1. The van der Waals surface area contributed by atoms with Crippen LogP contribution in [0.15, 0.2) is 78.9 Å². The Labute approximate surface area is 151 Å². The molecule has 0 amide bonds. The summed E-state index contributed by atoms with van der Waals surface area (Å²) < 4.78 is 8.12. The molecule has 1 aromatic heterocycles. The number of para-hydroxylation sites is 2. The average Bonchev–Trinajstić information content (AvgIpc) is 3.00. The van der Waals surface area contributed by atoms with Crippen LogP contribution >= 0.6 is 11.6 Å². The first-order chi connectivity index (χ1) is 12.3. The summed E-state index contributed by atoms with van der Waals surface area (Å²) in [5.74, 6) is 1.68. The largest absolute Gasteiger partial charge is 0.486 e. The molecule has 0 saturated carbocycles. The van der Waals surface area contributed by atoms with E-state index in [4.69, 9.17) is 21.3 Å². The molecule has 3 aromatic carbocycles. The van der Waals surface area contributed by atoms with Gasteiger partial charge in [0.25, 0.3) is 0 Å². The molecule has 25 heavy (non-hydrogen) atoms. The summed E-state index contributed by atoms with van der Waals surface area (Å²) in [5.41, 5.74) is 3.33. The molecule has 0 aliphatic carbocycles. The van der Waals surface area contributed by atoms with Crippen LogP contribution in [0.5, 0.6) is 5.75 Å². The van der Waals surface area contributed by atoms with E-state index in [9.17, 15) is 0 Å². The quantitative estimate of drug-likeness (QED) is 0.488. The number of hydrogen-bond donors (Lipinski definition) is 0. The van der Waals surface area contributed by atoms with Gasteiger partial charge in [-0.15, -0.1) is 0 Å². The molecule has 4 rings (SSSR count). The summed E-state index contributed by atoms with van der Waals surface area (Å²) in [5, 5.41) is 0.698. The minimum atomic E-state index is 0.406. The van der Waals surface area contributed by atoms with Gasteiger partial charge in [0.15, 0.2) is 0 Å². The molecular weight excluding hydrogens is 332 g/mol. The zero-order valence-corrected chi connectivity index (χ0v) is 14.4. The second-order valence-electron chi connectivity index (χ2n) is 5.83. The predicted molar refractivity (Wildman–Crippen MR) is 101 cm³/mol. The fraction of sp³-hybridized carbons (Fsp3) is 0.0952. The van der Waals surface area contributed by atoms with Crippen LogP contribution in [0.1, 0.15) is 11.4 Å². The monoisotopic (exact) mass is 348 g/mol. The smallest absolute Gasteiger partial charge is 0.148 e. The normalized spacial score (nSPS) is 10.9. The Kier molecular flexibility index (Phi) is 4.40. The number of halogens is 1. The van der Waals surface area contributed by atoms with Gasteiger partial charge in [-0.3, -0.25) is 0 Å². The lowest BCUT2D eigenvalue weighted by Crippen LogP contribution is -2.08. The van der Waals surface area contributed by atoms with Gasteiger partial charge in [0, 0.05) is 11.6 Å². The maximum absolute atomic E-state index is 5.93. The highest BCUT2D eigenvalue weighted by Gasteiger charge is 2.11. The van der Waals surface area contributed by atoms with Crippen LogP contribution in [0, 0.1) is 0 Å². The highest BCUT2D eigenvalue weighted by Crippen LogP contribution is 2.21. The van der Waals surface area contributed by atoms with Crippen molar-refractivity contribution in [1.29, 1.82) is 0 Å². The lowest BCUT2D eigenvalue weighted by molar-refractivity contribution is 0.291. The van der Waals surface area contributed by atoms with Crippen molar-refractivity contribution in [2.45, 2.75) is 13.2 Å². The lowest BCUT2D eigenvalue weighted by Gasteiger charge is -2.11. The van der Waals surface area contributed by atoms with Gasteiger partial charge in [-0.25, -0.2) is 4.98 Å². The van der Waals surface area contributed by atoms with Crippen molar-refractivity contribution < 1.29 is 4.74 Å². The summed E-state index contributed by atoms with van der Waals surface area (Å²) in [6, 6.07) is 25.9. The minimum Gasteiger partial charge on any atom is -0.486 e. The summed E-state index contributed by atoms with van der Waals surface area (Å²) in [6.45, 7) is 1.17. The first-order valence-electron chi connectivity index (χ1n) is 8.16. The van der Waals surface area contributed by atoms with E-state index in [1.807, 2.05) is 48.5 Å². The predicted octanol–water partition coefficient (Wildman–Crippen LogP) is 5.32. The van der Waals surface area contributed by atoms with E-state index in [-0.39, 0.29) is 0 Å².